The summed E-state index contributed by atoms with van der Waals surface area (Å²) in [6, 6.07) is 0.335. The highest BCUT2D eigenvalue weighted by Gasteiger charge is 2.04. The molecule has 62 valence electrons. The minimum absolute atomic E-state index is 0.308. The predicted octanol–water partition coefficient (Wildman–Crippen LogP) is 0.186. The van der Waals surface area contributed by atoms with Crippen molar-refractivity contribution in [2.45, 2.75) is 13.2 Å². The van der Waals surface area contributed by atoms with Crippen LogP contribution in [0.5, 0.6) is 6.01 Å². The van der Waals surface area contributed by atoms with E-state index in [9.17, 15) is 0 Å². The normalized spacial score (nSPS) is 13.0. The summed E-state index contributed by atoms with van der Waals surface area (Å²) in [6.07, 6.45) is 1.26. The Balaban J connectivity index is 2.50. The lowest BCUT2D eigenvalue weighted by molar-refractivity contribution is -0.0438. The van der Waals surface area contributed by atoms with Crippen molar-refractivity contribution < 1.29 is 9.47 Å². The number of aryl methyl sites for hydroxylation is 1. The van der Waals surface area contributed by atoms with Crippen LogP contribution >= 0.6 is 0 Å². The summed E-state index contributed by atoms with van der Waals surface area (Å²) in [4.78, 5) is 3.85. The molecule has 1 atom stereocenters. The van der Waals surface area contributed by atoms with Gasteiger partial charge in [0.25, 0.3) is 0 Å². The van der Waals surface area contributed by atoms with Crippen molar-refractivity contribution in [1.29, 1.82) is 0 Å². The lowest BCUT2D eigenvalue weighted by Gasteiger charge is -2.07. The summed E-state index contributed by atoms with van der Waals surface area (Å²) < 4.78 is 11.5. The molecule has 0 fully saturated rings. The van der Waals surface area contributed by atoms with Crippen LogP contribution in [0.3, 0.4) is 0 Å². The van der Waals surface area contributed by atoms with Crippen LogP contribution in [0.1, 0.15) is 6.92 Å². The number of hydrogen-bond donors (Lipinski definition) is 0. The van der Waals surface area contributed by atoms with Crippen molar-refractivity contribution >= 4 is 0 Å². The van der Waals surface area contributed by atoms with Crippen molar-refractivity contribution in [3.63, 3.8) is 0 Å². The van der Waals surface area contributed by atoms with Crippen molar-refractivity contribution in [1.82, 2.24) is 14.8 Å². The van der Waals surface area contributed by atoms with Crippen LogP contribution in [0.4, 0.5) is 0 Å². The molecule has 0 N–H and O–H groups in total. The number of aromatic nitrogens is 3. The third-order valence-electron chi connectivity index (χ3n) is 1.18. The van der Waals surface area contributed by atoms with Gasteiger partial charge in [-0.05, 0) is 6.92 Å². The lowest BCUT2D eigenvalue weighted by Crippen LogP contribution is -2.14. The molecule has 1 unspecified atom stereocenters. The smallest absolute Gasteiger partial charge is 0.337 e. The van der Waals surface area contributed by atoms with E-state index in [4.69, 9.17) is 9.47 Å². The highest BCUT2D eigenvalue weighted by Crippen LogP contribution is 2.01. The van der Waals surface area contributed by atoms with Crippen LogP contribution < -0.4 is 4.74 Å². The van der Waals surface area contributed by atoms with Crippen LogP contribution in [0, 0.1) is 0 Å². The summed E-state index contributed by atoms with van der Waals surface area (Å²) in [5.74, 6) is 0. The van der Waals surface area contributed by atoms with Crippen molar-refractivity contribution in [2.24, 2.45) is 7.05 Å². The molecule has 0 radical (unpaired) electrons. The maximum absolute atomic E-state index is 5.12. The molecule has 1 aromatic rings. The number of ether oxygens (including phenoxy) is 2. The average molecular weight is 157 g/mol. The standard InChI is InChI=1S/C6H11N3O2/c1-5(10-3)11-6-7-4-9(2)8-6/h4-5H,1-3H3. The Bertz CT molecular complexity index is 223. The third kappa shape index (κ3) is 2.19. The zero-order chi connectivity index (χ0) is 8.27. The minimum Gasteiger partial charge on any atom is -0.433 e. The Hall–Kier alpha value is -1.10. The SMILES string of the molecule is COC(C)Oc1ncn(C)n1. The van der Waals surface area contributed by atoms with Gasteiger partial charge in [0.15, 0.2) is 6.29 Å². The molecule has 0 spiro atoms. The molecule has 1 heterocycles. The van der Waals surface area contributed by atoms with Gasteiger partial charge in [-0.1, -0.05) is 0 Å². The molecule has 0 aliphatic heterocycles. The van der Waals surface area contributed by atoms with E-state index in [2.05, 4.69) is 10.1 Å². The monoisotopic (exact) mass is 157 g/mol. The van der Waals surface area contributed by atoms with Gasteiger partial charge < -0.3 is 9.47 Å². The first kappa shape index (κ1) is 8.00. The fourth-order valence-corrected chi connectivity index (χ4v) is 0.570. The maximum Gasteiger partial charge on any atom is 0.337 e. The zero-order valence-electron chi connectivity index (χ0n) is 6.81. The number of rotatable bonds is 3. The molecule has 5 heteroatoms. The van der Waals surface area contributed by atoms with Gasteiger partial charge in [0.2, 0.25) is 0 Å². The Labute approximate surface area is 64.9 Å². The van der Waals surface area contributed by atoms with E-state index in [1.165, 1.54) is 0 Å². The van der Waals surface area contributed by atoms with Crippen LogP contribution in [-0.4, -0.2) is 28.2 Å². The maximum atomic E-state index is 5.12. The molecule has 0 saturated carbocycles. The molecule has 0 aliphatic carbocycles. The van der Waals surface area contributed by atoms with Gasteiger partial charge >= 0.3 is 6.01 Å². The average Bonchev–Trinajstić information content (AvgIpc) is 2.35. The van der Waals surface area contributed by atoms with E-state index in [0.29, 0.717) is 6.01 Å². The second-order valence-corrected chi connectivity index (χ2v) is 2.12. The minimum atomic E-state index is -0.308. The Kier molecular flexibility index (Phi) is 2.43. The van der Waals surface area contributed by atoms with E-state index in [-0.39, 0.29) is 6.29 Å². The van der Waals surface area contributed by atoms with Gasteiger partial charge in [0.05, 0.1) is 0 Å². The molecule has 0 aliphatic rings. The van der Waals surface area contributed by atoms with Crippen LogP contribution in [0.25, 0.3) is 0 Å². The summed E-state index contributed by atoms with van der Waals surface area (Å²) in [5.41, 5.74) is 0. The number of nitrogens with zero attached hydrogens (tertiary/aromatic N) is 3. The molecular weight excluding hydrogens is 146 g/mol. The highest BCUT2D eigenvalue weighted by molar-refractivity contribution is 4.86. The summed E-state index contributed by atoms with van der Waals surface area (Å²) in [5, 5.41) is 3.90. The topological polar surface area (TPSA) is 49.2 Å². The first-order valence-corrected chi connectivity index (χ1v) is 3.27. The Morgan fingerprint density at radius 2 is 2.36 bits per heavy atom. The highest BCUT2D eigenvalue weighted by atomic mass is 16.7. The molecule has 0 aromatic carbocycles. The largest absolute Gasteiger partial charge is 0.433 e. The quantitative estimate of drug-likeness (QED) is 0.587. The second-order valence-electron chi connectivity index (χ2n) is 2.12. The summed E-state index contributed by atoms with van der Waals surface area (Å²) in [6.45, 7) is 1.77. The van der Waals surface area contributed by atoms with E-state index in [0.717, 1.165) is 0 Å². The summed E-state index contributed by atoms with van der Waals surface area (Å²) in [7, 11) is 3.34. The molecular formula is C6H11N3O2. The Morgan fingerprint density at radius 3 is 2.82 bits per heavy atom. The summed E-state index contributed by atoms with van der Waals surface area (Å²) >= 11 is 0. The first-order valence-electron chi connectivity index (χ1n) is 3.27. The van der Waals surface area contributed by atoms with E-state index in [1.54, 1.807) is 32.1 Å². The lowest BCUT2D eigenvalue weighted by atomic mass is 10.7. The number of methoxy groups -OCH3 is 1. The third-order valence-corrected chi connectivity index (χ3v) is 1.18. The zero-order valence-corrected chi connectivity index (χ0v) is 6.81. The fraction of sp³-hybridized carbons (Fsp3) is 0.667. The second kappa shape index (κ2) is 3.34. The molecule has 5 nitrogen and oxygen atoms in total. The molecule has 1 aromatic heterocycles. The van der Waals surface area contributed by atoms with Crippen LogP contribution in [0.15, 0.2) is 6.33 Å². The Morgan fingerprint density at radius 1 is 1.64 bits per heavy atom. The molecule has 0 saturated heterocycles. The number of hydrogen-bond acceptors (Lipinski definition) is 4. The van der Waals surface area contributed by atoms with Gasteiger partial charge in [-0.25, -0.2) is 0 Å². The van der Waals surface area contributed by atoms with Gasteiger partial charge in [0, 0.05) is 14.2 Å². The molecule has 1 rings (SSSR count). The van der Waals surface area contributed by atoms with Crippen LogP contribution in [0.2, 0.25) is 0 Å². The van der Waals surface area contributed by atoms with E-state index < -0.39 is 0 Å². The van der Waals surface area contributed by atoms with Gasteiger partial charge in [-0.3, -0.25) is 4.68 Å². The first-order chi connectivity index (χ1) is 5.22. The van der Waals surface area contributed by atoms with Crippen molar-refractivity contribution in [3.8, 4) is 6.01 Å². The van der Waals surface area contributed by atoms with Gasteiger partial charge in [0.1, 0.15) is 6.33 Å². The van der Waals surface area contributed by atoms with Gasteiger partial charge in [-0.2, -0.15) is 4.98 Å². The molecule has 0 bridgehead atoms. The van der Waals surface area contributed by atoms with Crippen molar-refractivity contribution in [2.75, 3.05) is 7.11 Å². The van der Waals surface area contributed by atoms with E-state index in [1.807, 2.05) is 0 Å². The van der Waals surface area contributed by atoms with Gasteiger partial charge in [-0.15, -0.1) is 5.10 Å². The van der Waals surface area contributed by atoms with Crippen LogP contribution in [-0.2, 0) is 11.8 Å². The fourth-order valence-electron chi connectivity index (χ4n) is 0.570. The predicted molar refractivity (Wildman–Crippen MR) is 38.1 cm³/mol. The van der Waals surface area contributed by atoms with Crippen molar-refractivity contribution in [3.05, 3.63) is 6.33 Å². The van der Waals surface area contributed by atoms with E-state index >= 15 is 0 Å². The molecule has 11 heavy (non-hydrogen) atoms. The molecule has 0 amide bonds.